The number of methoxy groups -OCH3 is 1. The lowest BCUT2D eigenvalue weighted by molar-refractivity contribution is -0.894. The van der Waals surface area contributed by atoms with Crippen LogP contribution in [0.5, 0.6) is 0 Å². The highest BCUT2D eigenvalue weighted by Gasteiger charge is 2.26. The molecule has 2 unspecified atom stereocenters. The van der Waals surface area contributed by atoms with Crippen LogP contribution in [0.1, 0.15) is 123 Å². The molecule has 0 aromatic heterocycles. The second-order valence-electron chi connectivity index (χ2n) is 11.4. The van der Waals surface area contributed by atoms with Gasteiger partial charge < -0.3 is 9.22 Å². The molecule has 0 aromatic rings. The first-order valence-corrected chi connectivity index (χ1v) is 15.9. The summed E-state index contributed by atoms with van der Waals surface area (Å²) in [6, 6.07) is 0.413. The normalized spacial score (nSPS) is 14.5. The van der Waals surface area contributed by atoms with E-state index < -0.39 is 9.84 Å². The fourth-order valence-corrected chi connectivity index (χ4v) is 6.29. The predicted octanol–water partition coefficient (Wildman–Crippen LogP) is 7.41. The van der Waals surface area contributed by atoms with Crippen LogP contribution in [0.3, 0.4) is 0 Å². The molecule has 200 valence electrons. The lowest BCUT2D eigenvalue weighted by Gasteiger charge is -2.33. The summed E-state index contributed by atoms with van der Waals surface area (Å²) in [6.45, 7) is 5.01. The highest BCUT2D eigenvalue weighted by molar-refractivity contribution is 7.91. The fraction of sp³-hybridized carbons (Fsp3) is 1.00. The van der Waals surface area contributed by atoms with Crippen LogP contribution in [0.2, 0.25) is 0 Å². The maximum absolute atomic E-state index is 12.6. The molecule has 5 heteroatoms. The predicted molar refractivity (Wildman–Crippen MR) is 146 cm³/mol. The summed E-state index contributed by atoms with van der Waals surface area (Å²) in [7, 11) is 5.17. The van der Waals surface area contributed by atoms with Gasteiger partial charge in [-0.25, -0.2) is 8.42 Å². The number of hydrogen-bond donors (Lipinski definition) is 0. The van der Waals surface area contributed by atoms with Crippen LogP contribution < -0.4 is 0 Å². The molecule has 0 aliphatic heterocycles. The van der Waals surface area contributed by atoms with Crippen molar-refractivity contribution in [3.8, 4) is 0 Å². The Balaban J connectivity index is 3.74. The number of unbranched alkanes of at least 4 members (excludes halogenated alkanes) is 15. The van der Waals surface area contributed by atoms with E-state index in [2.05, 4.69) is 35.0 Å². The van der Waals surface area contributed by atoms with Gasteiger partial charge in [0.1, 0.15) is 0 Å². The van der Waals surface area contributed by atoms with Crippen LogP contribution in [0.25, 0.3) is 0 Å². The van der Waals surface area contributed by atoms with Crippen molar-refractivity contribution in [3.63, 3.8) is 0 Å². The van der Waals surface area contributed by atoms with Gasteiger partial charge in [-0.05, 0) is 13.3 Å². The van der Waals surface area contributed by atoms with Crippen molar-refractivity contribution < 1.29 is 17.6 Å². The molecule has 0 heterocycles. The first-order valence-electron chi connectivity index (χ1n) is 14.1. The highest BCUT2D eigenvalue weighted by atomic mass is 32.2. The number of quaternary nitrogens is 1. The Bertz CT molecular complexity index is 528. The third-order valence-corrected chi connectivity index (χ3v) is 9.09. The van der Waals surface area contributed by atoms with E-state index in [0.29, 0.717) is 18.4 Å². The Morgan fingerprint density at radius 2 is 1.09 bits per heavy atom. The lowest BCUT2D eigenvalue weighted by atomic mass is 10.0. The number of nitrogens with zero attached hydrogens (tertiary/aromatic N) is 1. The molecule has 0 aromatic carbocycles. The summed E-state index contributed by atoms with van der Waals surface area (Å²) in [5.74, 6) is 0.697. The first-order chi connectivity index (χ1) is 15.6. The van der Waals surface area contributed by atoms with Gasteiger partial charge in [-0.15, -0.1) is 0 Å². The Morgan fingerprint density at radius 3 is 1.45 bits per heavy atom. The van der Waals surface area contributed by atoms with Gasteiger partial charge >= 0.3 is 0 Å². The third-order valence-electron chi connectivity index (χ3n) is 7.20. The van der Waals surface area contributed by atoms with Crippen molar-refractivity contribution in [1.82, 2.24) is 0 Å². The van der Waals surface area contributed by atoms with E-state index in [-0.39, 0.29) is 11.7 Å². The number of ether oxygens (including phenoxy) is 1. The molecule has 0 amide bonds. The average molecular weight is 491 g/mol. The zero-order chi connectivity index (χ0) is 25.0. The molecule has 2 atom stereocenters. The van der Waals surface area contributed by atoms with Gasteiger partial charge in [-0.2, -0.15) is 0 Å². The van der Waals surface area contributed by atoms with E-state index in [1.54, 1.807) is 7.11 Å². The van der Waals surface area contributed by atoms with Gasteiger partial charge in [0.15, 0.2) is 9.84 Å². The minimum absolute atomic E-state index is 0.0911. The molecule has 0 fully saturated rings. The Labute approximate surface area is 208 Å². The van der Waals surface area contributed by atoms with E-state index in [4.69, 9.17) is 4.74 Å². The van der Waals surface area contributed by atoms with Crippen molar-refractivity contribution in [2.75, 3.05) is 46.4 Å². The summed E-state index contributed by atoms with van der Waals surface area (Å²) in [6.07, 6.45) is 21.9. The van der Waals surface area contributed by atoms with Crippen molar-refractivity contribution in [1.29, 1.82) is 0 Å². The van der Waals surface area contributed by atoms with Crippen LogP contribution in [0.4, 0.5) is 0 Å². The van der Waals surface area contributed by atoms with Crippen molar-refractivity contribution in [3.05, 3.63) is 0 Å². The van der Waals surface area contributed by atoms with Crippen molar-refractivity contribution in [2.45, 2.75) is 129 Å². The smallest absolute Gasteiger partial charge is 0.150 e. The number of hydrogen-bond acceptors (Lipinski definition) is 3. The first kappa shape index (κ1) is 32.9. The van der Waals surface area contributed by atoms with Crippen LogP contribution in [0, 0.1) is 5.92 Å². The van der Waals surface area contributed by atoms with Crippen molar-refractivity contribution in [2.24, 2.45) is 5.92 Å². The summed E-state index contributed by atoms with van der Waals surface area (Å²) in [5, 5.41) is 0. The molecular formula is C28H60NO3S+. The quantitative estimate of drug-likeness (QED) is 0.104. The molecule has 0 radical (unpaired) electrons. The monoisotopic (exact) mass is 490 g/mol. The van der Waals surface area contributed by atoms with Crippen LogP contribution in [0.15, 0.2) is 0 Å². The van der Waals surface area contributed by atoms with Gasteiger partial charge in [0, 0.05) is 19.4 Å². The summed E-state index contributed by atoms with van der Waals surface area (Å²) in [4.78, 5) is 0. The Morgan fingerprint density at radius 1 is 0.697 bits per heavy atom. The maximum Gasteiger partial charge on any atom is 0.150 e. The zero-order valence-corrected chi connectivity index (χ0v) is 24.2. The minimum Gasteiger partial charge on any atom is -0.384 e. The zero-order valence-electron chi connectivity index (χ0n) is 23.4. The Kier molecular flexibility index (Phi) is 20.0. The topological polar surface area (TPSA) is 43.4 Å². The highest BCUT2D eigenvalue weighted by Crippen LogP contribution is 2.18. The molecule has 0 rings (SSSR count). The molecule has 0 spiro atoms. The van der Waals surface area contributed by atoms with Crippen LogP contribution >= 0.6 is 0 Å². The summed E-state index contributed by atoms with van der Waals surface area (Å²) >= 11 is 0. The molecule has 33 heavy (non-hydrogen) atoms. The summed E-state index contributed by atoms with van der Waals surface area (Å²) < 4.78 is 31.4. The fourth-order valence-electron chi connectivity index (χ4n) is 4.53. The van der Waals surface area contributed by atoms with Crippen LogP contribution in [-0.2, 0) is 14.6 Å². The molecular weight excluding hydrogens is 430 g/mol. The third kappa shape index (κ3) is 20.9. The van der Waals surface area contributed by atoms with Crippen molar-refractivity contribution >= 4 is 9.84 Å². The average Bonchev–Trinajstić information content (AvgIpc) is 2.72. The van der Waals surface area contributed by atoms with E-state index in [1.165, 1.54) is 89.9 Å². The second-order valence-corrected chi connectivity index (χ2v) is 13.7. The van der Waals surface area contributed by atoms with Gasteiger partial charge in [0.05, 0.1) is 45.3 Å². The molecule has 0 aliphatic carbocycles. The SMILES string of the molecule is CCCCCCCCCCCCCCCCCCS(=O)(=O)CC(COC)CC(C)[N+](C)(C)C. The van der Waals surface area contributed by atoms with E-state index in [1.807, 2.05) is 0 Å². The lowest BCUT2D eigenvalue weighted by Crippen LogP contribution is -2.45. The number of sulfone groups is 1. The largest absolute Gasteiger partial charge is 0.384 e. The number of rotatable bonds is 24. The standard InChI is InChI=1S/C28H60NO3S/c1-7-8-9-10-11-12-13-14-15-16-17-18-19-20-21-22-23-33(30,31)26-28(25-32-6)24-27(2)29(3,4)5/h27-28H,7-26H2,1-6H3/q+1. The molecule has 0 saturated carbocycles. The molecule has 0 aliphatic rings. The molecule has 0 saturated heterocycles. The second kappa shape index (κ2) is 20.1. The van der Waals surface area contributed by atoms with Gasteiger partial charge in [-0.3, -0.25) is 0 Å². The molecule has 0 N–H and O–H groups in total. The van der Waals surface area contributed by atoms with E-state index in [9.17, 15) is 8.42 Å². The van der Waals surface area contributed by atoms with Gasteiger partial charge in [0.25, 0.3) is 0 Å². The van der Waals surface area contributed by atoms with Gasteiger partial charge in [-0.1, -0.05) is 103 Å². The van der Waals surface area contributed by atoms with E-state index >= 15 is 0 Å². The van der Waals surface area contributed by atoms with Gasteiger partial charge in [0.2, 0.25) is 0 Å². The summed E-state index contributed by atoms with van der Waals surface area (Å²) in [5.41, 5.74) is 0. The van der Waals surface area contributed by atoms with E-state index in [0.717, 1.165) is 23.7 Å². The Hall–Kier alpha value is -0.130. The minimum atomic E-state index is -3.00. The maximum atomic E-state index is 12.6. The van der Waals surface area contributed by atoms with Crippen LogP contribution in [-0.4, -0.2) is 65.3 Å². The molecule has 0 bridgehead atoms. The molecule has 4 nitrogen and oxygen atoms in total.